The lowest BCUT2D eigenvalue weighted by Gasteiger charge is -2.03. The average molecular weight is 239 g/mol. The van der Waals surface area contributed by atoms with Gasteiger partial charge in [-0.25, -0.2) is 0 Å². The van der Waals surface area contributed by atoms with Gasteiger partial charge in [-0.15, -0.1) is 4.52 Å². The Morgan fingerprint density at radius 3 is 2.31 bits per heavy atom. The van der Waals surface area contributed by atoms with Gasteiger partial charge in [0, 0.05) is 12.3 Å². The molecule has 0 heterocycles. The summed E-state index contributed by atoms with van der Waals surface area (Å²) in [6.07, 6.45) is 0.432. The van der Waals surface area contributed by atoms with E-state index in [4.69, 9.17) is 4.52 Å². The molecular weight excluding hydrogens is 223 g/mol. The second-order valence-corrected chi connectivity index (χ2v) is 5.30. The Kier molecular flexibility index (Phi) is 4.78. The van der Waals surface area contributed by atoms with Crippen molar-refractivity contribution in [1.82, 2.24) is 0 Å². The third-order valence-electron chi connectivity index (χ3n) is 2.34. The number of carbonyl (C=O) groups excluding carboxylic acids is 1. The molecule has 0 bridgehead atoms. The molecular formula is C12H16O3P+. The largest absolute Gasteiger partial charge is 0.548 e. The van der Waals surface area contributed by atoms with E-state index in [1.807, 2.05) is 26.0 Å². The normalized spacial score (nSPS) is 11.6. The van der Waals surface area contributed by atoms with Gasteiger partial charge in [0.2, 0.25) is 5.30 Å². The third kappa shape index (κ3) is 3.51. The summed E-state index contributed by atoms with van der Waals surface area (Å²) >= 11 is 0. The van der Waals surface area contributed by atoms with Crippen LogP contribution in [0, 0.1) is 5.92 Å². The first-order valence-electron chi connectivity index (χ1n) is 5.17. The SMILES string of the molecule is CO[P+](=O)c1ccc(CC(=O)C(C)C)cc1. The minimum atomic E-state index is -1.75. The molecule has 0 spiro atoms. The Morgan fingerprint density at radius 2 is 1.88 bits per heavy atom. The van der Waals surface area contributed by atoms with Crippen LogP contribution >= 0.6 is 8.03 Å². The monoisotopic (exact) mass is 239 g/mol. The van der Waals surface area contributed by atoms with Crippen molar-refractivity contribution >= 4 is 19.1 Å². The highest BCUT2D eigenvalue weighted by Crippen LogP contribution is 2.19. The maximum Gasteiger partial charge on any atom is 0.548 e. The molecule has 0 aliphatic heterocycles. The highest BCUT2D eigenvalue weighted by molar-refractivity contribution is 7.48. The van der Waals surface area contributed by atoms with Crippen molar-refractivity contribution in [3.8, 4) is 0 Å². The first-order valence-corrected chi connectivity index (χ1v) is 6.35. The highest BCUT2D eigenvalue weighted by Gasteiger charge is 2.19. The quantitative estimate of drug-likeness (QED) is 0.741. The van der Waals surface area contributed by atoms with E-state index in [1.165, 1.54) is 7.11 Å². The molecule has 4 heteroatoms. The van der Waals surface area contributed by atoms with Crippen LogP contribution in [0.3, 0.4) is 0 Å². The minimum absolute atomic E-state index is 0.0512. The second-order valence-electron chi connectivity index (χ2n) is 3.90. The number of rotatable bonds is 5. The van der Waals surface area contributed by atoms with Crippen LogP contribution in [-0.4, -0.2) is 12.9 Å². The smallest absolute Gasteiger partial charge is 0.299 e. The number of Topliss-reactive ketones (excluding diaryl/α,β-unsaturated/α-hetero) is 1. The average Bonchev–Trinajstić information content (AvgIpc) is 2.28. The molecule has 16 heavy (non-hydrogen) atoms. The molecule has 1 unspecified atom stereocenters. The summed E-state index contributed by atoms with van der Waals surface area (Å²) < 4.78 is 16.1. The Hall–Kier alpha value is -1.05. The van der Waals surface area contributed by atoms with Crippen LogP contribution in [0.1, 0.15) is 19.4 Å². The molecule has 0 amide bonds. The summed E-state index contributed by atoms with van der Waals surface area (Å²) in [5.74, 6) is 0.263. The summed E-state index contributed by atoms with van der Waals surface area (Å²) in [6.45, 7) is 3.77. The molecule has 86 valence electrons. The lowest BCUT2D eigenvalue weighted by molar-refractivity contribution is -0.121. The number of carbonyl (C=O) groups is 1. The molecule has 1 aromatic carbocycles. The lowest BCUT2D eigenvalue weighted by Crippen LogP contribution is -2.10. The van der Waals surface area contributed by atoms with E-state index in [0.29, 0.717) is 11.7 Å². The summed E-state index contributed by atoms with van der Waals surface area (Å²) in [6, 6.07) is 7.13. The van der Waals surface area contributed by atoms with Gasteiger partial charge in [-0.05, 0) is 22.3 Å². The second kappa shape index (κ2) is 5.88. The molecule has 0 saturated heterocycles. The number of hydrogen-bond donors (Lipinski definition) is 0. The van der Waals surface area contributed by atoms with Gasteiger partial charge in [-0.3, -0.25) is 4.79 Å². The number of hydrogen-bond acceptors (Lipinski definition) is 3. The van der Waals surface area contributed by atoms with Crippen LogP contribution in [0.15, 0.2) is 24.3 Å². The Labute approximate surface area is 96.7 Å². The van der Waals surface area contributed by atoms with E-state index in [2.05, 4.69) is 0 Å². The van der Waals surface area contributed by atoms with Gasteiger partial charge in [-0.2, -0.15) is 0 Å². The summed E-state index contributed by atoms with van der Waals surface area (Å²) in [7, 11) is -0.342. The molecule has 0 radical (unpaired) electrons. The maximum atomic E-state index is 11.5. The predicted octanol–water partition coefficient (Wildman–Crippen LogP) is 2.47. The van der Waals surface area contributed by atoms with Crippen LogP contribution in [0.4, 0.5) is 0 Å². The Bertz CT molecular complexity index is 382. The Balaban J connectivity index is 2.72. The molecule has 3 nitrogen and oxygen atoms in total. The van der Waals surface area contributed by atoms with Crippen molar-refractivity contribution < 1.29 is 13.9 Å². The fraction of sp³-hybridized carbons (Fsp3) is 0.417. The highest BCUT2D eigenvalue weighted by atomic mass is 31.1. The predicted molar refractivity (Wildman–Crippen MR) is 64.2 cm³/mol. The fourth-order valence-corrected chi connectivity index (χ4v) is 1.85. The lowest BCUT2D eigenvalue weighted by atomic mass is 10.0. The first-order chi connectivity index (χ1) is 7.54. The van der Waals surface area contributed by atoms with Crippen LogP contribution in [0.5, 0.6) is 0 Å². The van der Waals surface area contributed by atoms with Crippen LogP contribution in [0.25, 0.3) is 0 Å². The zero-order chi connectivity index (χ0) is 12.1. The van der Waals surface area contributed by atoms with Gasteiger partial charge in [0.05, 0.1) is 7.11 Å². The Morgan fingerprint density at radius 1 is 1.31 bits per heavy atom. The molecule has 0 aromatic heterocycles. The fourth-order valence-electron chi connectivity index (χ4n) is 1.25. The van der Waals surface area contributed by atoms with Gasteiger partial charge in [-0.1, -0.05) is 26.0 Å². The third-order valence-corrected chi connectivity index (χ3v) is 3.39. The van der Waals surface area contributed by atoms with Crippen molar-refractivity contribution in [2.24, 2.45) is 5.92 Å². The first kappa shape index (κ1) is 13.0. The van der Waals surface area contributed by atoms with Crippen LogP contribution in [-0.2, 0) is 20.3 Å². The van der Waals surface area contributed by atoms with Gasteiger partial charge < -0.3 is 0 Å². The van der Waals surface area contributed by atoms with Gasteiger partial charge >= 0.3 is 8.03 Å². The summed E-state index contributed by atoms with van der Waals surface area (Å²) in [4.78, 5) is 11.5. The number of benzene rings is 1. The molecule has 0 saturated carbocycles. The van der Waals surface area contributed by atoms with Gasteiger partial charge in [0.1, 0.15) is 5.78 Å². The zero-order valence-electron chi connectivity index (χ0n) is 9.77. The molecule has 1 rings (SSSR count). The van der Waals surface area contributed by atoms with E-state index in [0.717, 1.165) is 5.56 Å². The molecule has 1 atom stereocenters. The van der Waals surface area contributed by atoms with E-state index < -0.39 is 8.03 Å². The van der Waals surface area contributed by atoms with Crippen LogP contribution in [0.2, 0.25) is 0 Å². The van der Waals surface area contributed by atoms with Crippen molar-refractivity contribution in [2.75, 3.05) is 7.11 Å². The van der Waals surface area contributed by atoms with Crippen molar-refractivity contribution in [3.63, 3.8) is 0 Å². The maximum absolute atomic E-state index is 11.5. The minimum Gasteiger partial charge on any atom is -0.299 e. The van der Waals surface area contributed by atoms with E-state index in [9.17, 15) is 9.36 Å². The van der Waals surface area contributed by atoms with Crippen molar-refractivity contribution in [2.45, 2.75) is 20.3 Å². The summed E-state index contributed by atoms with van der Waals surface area (Å²) in [5.41, 5.74) is 0.946. The zero-order valence-corrected chi connectivity index (χ0v) is 10.7. The molecule has 0 aliphatic carbocycles. The van der Waals surface area contributed by atoms with E-state index >= 15 is 0 Å². The standard InChI is InChI=1S/C12H16O3P/c1-9(2)12(13)8-10-4-6-11(7-5-10)16(14)15-3/h4-7,9H,8H2,1-3H3/q+1. The molecule has 1 aromatic rings. The van der Waals surface area contributed by atoms with E-state index in [1.54, 1.807) is 12.1 Å². The van der Waals surface area contributed by atoms with E-state index in [-0.39, 0.29) is 11.7 Å². The number of ketones is 1. The van der Waals surface area contributed by atoms with Gasteiger partial charge in [0.25, 0.3) is 0 Å². The molecule has 0 aliphatic rings. The molecule has 0 N–H and O–H groups in total. The van der Waals surface area contributed by atoms with Gasteiger partial charge in [0.15, 0.2) is 0 Å². The topological polar surface area (TPSA) is 43.4 Å². The van der Waals surface area contributed by atoms with Crippen LogP contribution < -0.4 is 5.30 Å². The van der Waals surface area contributed by atoms with Crippen molar-refractivity contribution in [1.29, 1.82) is 0 Å². The van der Waals surface area contributed by atoms with Crippen molar-refractivity contribution in [3.05, 3.63) is 29.8 Å². The summed E-state index contributed by atoms with van der Waals surface area (Å²) in [5, 5.41) is 0.651. The molecule has 0 fully saturated rings.